The van der Waals surface area contributed by atoms with E-state index in [9.17, 15) is 18.0 Å². The molecule has 2 rings (SSSR count). The van der Waals surface area contributed by atoms with E-state index in [4.69, 9.17) is 10.8 Å². The van der Waals surface area contributed by atoms with Crippen molar-refractivity contribution in [3.63, 3.8) is 0 Å². The van der Waals surface area contributed by atoms with Crippen LogP contribution in [-0.2, 0) is 19.6 Å². The average molecular weight is 405 g/mol. The number of carbonyl (C=O) groups excluding carboxylic acids is 1. The van der Waals surface area contributed by atoms with Crippen molar-refractivity contribution in [1.82, 2.24) is 4.72 Å². The van der Waals surface area contributed by atoms with Crippen LogP contribution in [0.1, 0.15) is 12.8 Å². The van der Waals surface area contributed by atoms with Crippen molar-refractivity contribution in [2.75, 3.05) is 19.0 Å². The van der Waals surface area contributed by atoms with E-state index < -0.39 is 27.9 Å². The fraction of sp³-hybridized carbons (Fsp3) is 0.263. The van der Waals surface area contributed by atoms with Crippen LogP contribution in [0.25, 0.3) is 11.1 Å². The Kier molecular flexibility index (Phi) is 6.76. The predicted molar refractivity (Wildman–Crippen MR) is 106 cm³/mol. The Balaban J connectivity index is 2.18. The fourth-order valence-corrected chi connectivity index (χ4v) is 3.78. The van der Waals surface area contributed by atoms with Gasteiger partial charge in [0.05, 0.1) is 4.90 Å². The summed E-state index contributed by atoms with van der Waals surface area (Å²) in [6, 6.07) is 12.5. The number of anilines is 1. The molecule has 0 spiro atoms. The number of carboxylic acids is 1. The number of sulfonamides is 1. The number of primary amides is 1. The minimum absolute atomic E-state index is 0.0634. The van der Waals surface area contributed by atoms with E-state index in [0.29, 0.717) is 0 Å². The predicted octanol–water partition coefficient (Wildman–Crippen LogP) is 1.42. The van der Waals surface area contributed by atoms with Crippen LogP contribution in [0.5, 0.6) is 0 Å². The second-order valence-corrected chi connectivity index (χ2v) is 8.20. The number of carboxylic acid groups (broad SMARTS) is 1. The van der Waals surface area contributed by atoms with Gasteiger partial charge < -0.3 is 15.7 Å². The highest BCUT2D eigenvalue weighted by Crippen LogP contribution is 2.24. The number of benzene rings is 2. The van der Waals surface area contributed by atoms with Gasteiger partial charge in [-0.25, -0.2) is 8.42 Å². The van der Waals surface area contributed by atoms with Crippen molar-refractivity contribution < 1.29 is 23.1 Å². The van der Waals surface area contributed by atoms with Crippen LogP contribution >= 0.6 is 0 Å². The summed E-state index contributed by atoms with van der Waals surface area (Å²) in [7, 11) is -0.179. The minimum atomic E-state index is -4.06. The summed E-state index contributed by atoms with van der Waals surface area (Å²) in [5, 5.41) is 9.17. The van der Waals surface area contributed by atoms with Gasteiger partial charge in [-0.05, 0) is 41.8 Å². The zero-order valence-corrected chi connectivity index (χ0v) is 16.4. The topological polar surface area (TPSA) is 130 Å². The van der Waals surface area contributed by atoms with Gasteiger partial charge in [-0.3, -0.25) is 9.59 Å². The van der Waals surface area contributed by atoms with E-state index in [1.54, 1.807) is 12.1 Å². The number of aliphatic carboxylic acids is 1. The zero-order chi connectivity index (χ0) is 20.9. The molecule has 4 N–H and O–H groups in total. The Morgan fingerprint density at radius 3 is 1.96 bits per heavy atom. The van der Waals surface area contributed by atoms with Crippen LogP contribution in [0.3, 0.4) is 0 Å². The Morgan fingerprint density at radius 1 is 1.04 bits per heavy atom. The summed E-state index contributed by atoms with van der Waals surface area (Å²) >= 11 is 0. The average Bonchev–Trinajstić information content (AvgIpc) is 2.65. The molecular weight excluding hydrogens is 382 g/mol. The van der Waals surface area contributed by atoms with E-state index in [1.807, 2.05) is 43.3 Å². The highest BCUT2D eigenvalue weighted by atomic mass is 32.2. The van der Waals surface area contributed by atoms with Crippen LogP contribution in [0.4, 0.5) is 5.69 Å². The molecular formula is C19H23N3O5S. The van der Waals surface area contributed by atoms with E-state index in [-0.39, 0.29) is 17.7 Å². The van der Waals surface area contributed by atoms with Crippen molar-refractivity contribution in [1.29, 1.82) is 0 Å². The molecule has 2 aromatic rings. The molecule has 9 heteroatoms. The van der Waals surface area contributed by atoms with Gasteiger partial charge in [0.2, 0.25) is 15.9 Å². The van der Waals surface area contributed by atoms with Gasteiger partial charge in [0.1, 0.15) is 6.04 Å². The van der Waals surface area contributed by atoms with Crippen LogP contribution in [0, 0.1) is 0 Å². The molecule has 8 nitrogen and oxygen atoms in total. The smallest absolute Gasteiger partial charge is 0.321 e. The summed E-state index contributed by atoms with van der Waals surface area (Å²) < 4.78 is 27.0. The number of rotatable bonds is 9. The first-order chi connectivity index (χ1) is 13.1. The number of nitrogens with two attached hydrogens (primary N) is 1. The summed E-state index contributed by atoms with van der Waals surface area (Å²) in [6.07, 6.45) is -0.457. The standard InChI is InChI=1S/C19H23N3O5S/c1-22(2)15-7-3-13(4-8-15)14-5-9-16(10-6-14)28(26,27)21-17(19(24)25)11-12-18(20)23/h3-10,17,21H,11-12H2,1-2H3,(H2,20,23)(H,24,25)/t17-/m0/s1. The van der Waals surface area contributed by atoms with Gasteiger partial charge in [-0.15, -0.1) is 0 Å². The molecule has 28 heavy (non-hydrogen) atoms. The first-order valence-corrected chi connectivity index (χ1v) is 10.00. The molecule has 0 unspecified atom stereocenters. The molecule has 1 amide bonds. The fourth-order valence-electron chi connectivity index (χ4n) is 2.55. The second kappa shape index (κ2) is 8.85. The quantitative estimate of drug-likeness (QED) is 0.578. The first-order valence-electron chi connectivity index (χ1n) is 8.51. The Labute approximate surface area is 164 Å². The lowest BCUT2D eigenvalue weighted by molar-refractivity contribution is -0.139. The van der Waals surface area contributed by atoms with E-state index >= 15 is 0 Å². The van der Waals surface area contributed by atoms with E-state index in [1.165, 1.54) is 12.1 Å². The molecule has 1 atom stereocenters. The van der Waals surface area contributed by atoms with Crippen LogP contribution in [0.15, 0.2) is 53.4 Å². The van der Waals surface area contributed by atoms with Gasteiger partial charge in [-0.1, -0.05) is 24.3 Å². The molecule has 0 heterocycles. The number of nitrogens with zero attached hydrogens (tertiary/aromatic N) is 1. The van der Waals surface area contributed by atoms with Gasteiger partial charge in [0, 0.05) is 26.2 Å². The molecule has 0 aliphatic heterocycles. The lowest BCUT2D eigenvalue weighted by Gasteiger charge is -2.15. The minimum Gasteiger partial charge on any atom is -0.480 e. The SMILES string of the molecule is CN(C)c1ccc(-c2ccc(S(=O)(=O)N[C@@H](CCC(N)=O)C(=O)O)cc2)cc1. The molecule has 0 bridgehead atoms. The molecule has 0 aliphatic rings. The number of nitrogens with one attached hydrogen (secondary N) is 1. The lowest BCUT2D eigenvalue weighted by Crippen LogP contribution is -2.41. The van der Waals surface area contributed by atoms with Crippen LogP contribution < -0.4 is 15.4 Å². The summed E-state index contributed by atoms with van der Waals surface area (Å²) in [4.78, 5) is 24.0. The van der Waals surface area contributed by atoms with Crippen molar-refractivity contribution in [2.24, 2.45) is 5.73 Å². The Bertz CT molecular complexity index is 939. The largest absolute Gasteiger partial charge is 0.480 e. The molecule has 2 aromatic carbocycles. The summed E-state index contributed by atoms with van der Waals surface area (Å²) in [5.74, 6) is -2.07. The van der Waals surface area contributed by atoms with Gasteiger partial charge >= 0.3 is 5.97 Å². The van der Waals surface area contributed by atoms with Crippen LogP contribution in [0.2, 0.25) is 0 Å². The third kappa shape index (κ3) is 5.54. The normalized spacial score (nSPS) is 12.4. The molecule has 0 saturated carbocycles. The lowest BCUT2D eigenvalue weighted by atomic mass is 10.1. The van der Waals surface area contributed by atoms with Gasteiger partial charge in [0.15, 0.2) is 0 Å². The maximum absolute atomic E-state index is 12.5. The van der Waals surface area contributed by atoms with Crippen LogP contribution in [-0.4, -0.2) is 45.5 Å². The monoisotopic (exact) mass is 405 g/mol. The number of hydrogen-bond donors (Lipinski definition) is 3. The van der Waals surface area contributed by atoms with Crippen molar-refractivity contribution >= 4 is 27.6 Å². The maximum Gasteiger partial charge on any atom is 0.321 e. The number of carbonyl (C=O) groups is 2. The van der Waals surface area contributed by atoms with Crippen molar-refractivity contribution in [2.45, 2.75) is 23.8 Å². The van der Waals surface area contributed by atoms with E-state index in [2.05, 4.69) is 4.72 Å². The Hall–Kier alpha value is -2.91. The molecule has 0 aliphatic carbocycles. The molecule has 150 valence electrons. The maximum atomic E-state index is 12.5. The third-order valence-electron chi connectivity index (χ3n) is 4.16. The van der Waals surface area contributed by atoms with Crippen molar-refractivity contribution in [3.8, 4) is 11.1 Å². The molecule has 0 fully saturated rings. The summed E-state index contributed by atoms with van der Waals surface area (Å²) in [6.45, 7) is 0. The first kappa shape index (κ1) is 21.4. The van der Waals surface area contributed by atoms with Crippen molar-refractivity contribution in [3.05, 3.63) is 48.5 Å². The third-order valence-corrected chi connectivity index (χ3v) is 5.64. The second-order valence-electron chi connectivity index (χ2n) is 6.48. The van der Waals surface area contributed by atoms with Gasteiger partial charge in [-0.2, -0.15) is 4.72 Å². The highest BCUT2D eigenvalue weighted by molar-refractivity contribution is 7.89. The highest BCUT2D eigenvalue weighted by Gasteiger charge is 2.25. The number of amides is 1. The molecule has 0 saturated heterocycles. The molecule has 0 aromatic heterocycles. The van der Waals surface area contributed by atoms with E-state index in [0.717, 1.165) is 16.8 Å². The van der Waals surface area contributed by atoms with Gasteiger partial charge in [0.25, 0.3) is 0 Å². The molecule has 0 radical (unpaired) electrons. The zero-order valence-electron chi connectivity index (χ0n) is 15.6. The number of hydrogen-bond acceptors (Lipinski definition) is 5. The summed E-state index contributed by atoms with van der Waals surface area (Å²) in [5.41, 5.74) is 7.80. The Morgan fingerprint density at radius 2 is 1.54 bits per heavy atom.